The zero-order chi connectivity index (χ0) is 13.8. The first-order chi connectivity index (χ1) is 9.15. The van der Waals surface area contributed by atoms with Gasteiger partial charge in [-0.3, -0.25) is 4.79 Å². The van der Waals surface area contributed by atoms with E-state index in [1.54, 1.807) is 0 Å². The fraction of sp³-hybridized carbons (Fsp3) is 0.571. The predicted octanol–water partition coefficient (Wildman–Crippen LogP) is 1.24. The van der Waals surface area contributed by atoms with Crippen molar-refractivity contribution in [2.24, 2.45) is 0 Å². The number of piperazine rings is 1. The number of hydrogen-bond acceptors (Lipinski definition) is 4. The second kappa shape index (κ2) is 6.02. The van der Waals surface area contributed by atoms with Crippen molar-refractivity contribution >= 4 is 5.91 Å². The molecule has 0 saturated carbocycles. The van der Waals surface area contributed by atoms with E-state index in [9.17, 15) is 9.59 Å². The van der Waals surface area contributed by atoms with Crippen LogP contribution in [0.4, 0.5) is 0 Å². The van der Waals surface area contributed by atoms with Crippen molar-refractivity contribution in [1.82, 2.24) is 10.2 Å². The summed E-state index contributed by atoms with van der Waals surface area (Å²) in [7, 11) is 0. The first-order valence-corrected chi connectivity index (χ1v) is 6.78. The zero-order valence-electron chi connectivity index (χ0n) is 11.4. The molecule has 2 atom stereocenters. The quantitative estimate of drug-likeness (QED) is 0.892. The molecule has 1 N–H and O–H groups in total. The topological polar surface area (TPSA) is 62.6 Å². The second-order valence-corrected chi connectivity index (χ2v) is 4.88. The minimum atomic E-state index is -0.435. The molecule has 2 rings (SSSR count). The minimum absolute atomic E-state index is 0.0597. The lowest BCUT2D eigenvalue weighted by molar-refractivity contribution is 0.0573. The molecule has 19 heavy (non-hydrogen) atoms. The molecule has 1 aliphatic rings. The van der Waals surface area contributed by atoms with Gasteiger partial charge < -0.3 is 14.6 Å². The lowest BCUT2D eigenvalue weighted by Crippen LogP contribution is -2.57. The third-order valence-electron chi connectivity index (χ3n) is 3.67. The van der Waals surface area contributed by atoms with Crippen molar-refractivity contribution in [3.05, 3.63) is 34.4 Å². The van der Waals surface area contributed by atoms with Crippen LogP contribution in [0.2, 0.25) is 0 Å². The summed E-state index contributed by atoms with van der Waals surface area (Å²) >= 11 is 0. The molecular formula is C14H20N2O3. The van der Waals surface area contributed by atoms with Gasteiger partial charge in [-0.15, -0.1) is 0 Å². The van der Waals surface area contributed by atoms with Crippen LogP contribution >= 0.6 is 0 Å². The van der Waals surface area contributed by atoms with E-state index < -0.39 is 5.63 Å². The third kappa shape index (κ3) is 3.04. The van der Waals surface area contributed by atoms with Crippen molar-refractivity contribution in [3.8, 4) is 0 Å². The Kier molecular flexibility index (Phi) is 4.37. The average molecular weight is 264 g/mol. The van der Waals surface area contributed by atoms with E-state index in [1.165, 1.54) is 18.4 Å². The van der Waals surface area contributed by atoms with Crippen LogP contribution in [-0.4, -0.2) is 36.0 Å². The van der Waals surface area contributed by atoms with Crippen LogP contribution in [0.25, 0.3) is 0 Å². The van der Waals surface area contributed by atoms with Crippen LogP contribution in [0.15, 0.2) is 27.6 Å². The van der Waals surface area contributed by atoms with E-state index in [-0.39, 0.29) is 11.9 Å². The first kappa shape index (κ1) is 13.8. The van der Waals surface area contributed by atoms with E-state index in [0.717, 1.165) is 19.4 Å². The van der Waals surface area contributed by atoms with Gasteiger partial charge in [0.25, 0.3) is 5.91 Å². The maximum Gasteiger partial charge on any atom is 0.335 e. The molecule has 1 saturated heterocycles. The summed E-state index contributed by atoms with van der Waals surface area (Å²) in [6, 6.07) is 3.35. The van der Waals surface area contributed by atoms with Gasteiger partial charge in [-0.2, -0.15) is 0 Å². The monoisotopic (exact) mass is 264 g/mol. The highest BCUT2D eigenvalue weighted by Gasteiger charge is 2.30. The highest BCUT2D eigenvalue weighted by Crippen LogP contribution is 2.15. The molecule has 2 unspecified atom stereocenters. The van der Waals surface area contributed by atoms with Gasteiger partial charge in [0.15, 0.2) is 0 Å². The lowest BCUT2D eigenvalue weighted by Gasteiger charge is -2.40. The number of carbonyl (C=O) groups is 1. The van der Waals surface area contributed by atoms with Gasteiger partial charge in [-0.05, 0) is 18.9 Å². The van der Waals surface area contributed by atoms with Crippen molar-refractivity contribution in [2.45, 2.75) is 38.8 Å². The SMILES string of the molecule is CCC1CN(C(=O)c2ccc(=O)oc2)C(CC)CN1. The number of rotatable bonds is 3. The largest absolute Gasteiger partial charge is 0.430 e. The zero-order valence-corrected chi connectivity index (χ0v) is 11.4. The Bertz CT molecular complexity index is 477. The molecule has 2 heterocycles. The predicted molar refractivity (Wildman–Crippen MR) is 72.2 cm³/mol. The molecule has 0 radical (unpaired) electrons. The van der Waals surface area contributed by atoms with Gasteiger partial charge in [0.1, 0.15) is 6.26 Å². The van der Waals surface area contributed by atoms with Gasteiger partial charge >= 0.3 is 5.63 Å². The fourth-order valence-electron chi connectivity index (χ4n) is 2.40. The molecule has 0 aliphatic carbocycles. The Labute approximate surface area is 112 Å². The Morgan fingerprint density at radius 3 is 2.79 bits per heavy atom. The number of nitrogens with zero attached hydrogens (tertiary/aromatic N) is 1. The standard InChI is InChI=1S/C14H20N2O3/c1-3-11-8-16(12(4-2)7-15-11)14(18)10-5-6-13(17)19-9-10/h5-6,9,11-12,15H,3-4,7-8H2,1-2H3. The highest BCUT2D eigenvalue weighted by molar-refractivity contribution is 5.94. The van der Waals surface area contributed by atoms with Crippen LogP contribution in [-0.2, 0) is 0 Å². The van der Waals surface area contributed by atoms with Crippen LogP contribution < -0.4 is 10.9 Å². The Balaban J connectivity index is 2.18. The molecule has 1 aromatic rings. The Hall–Kier alpha value is -1.62. The Morgan fingerprint density at radius 2 is 2.21 bits per heavy atom. The van der Waals surface area contributed by atoms with E-state index in [0.29, 0.717) is 18.2 Å². The number of amides is 1. The van der Waals surface area contributed by atoms with Gasteiger partial charge in [0.2, 0.25) is 0 Å². The lowest BCUT2D eigenvalue weighted by atomic mass is 10.0. The average Bonchev–Trinajstić information content (AvgIpc) is 2.46. The molecule has 0 bridgehead atoms. The molecule has 1 aromatic heterocycles. The summed E-state index contributed by atoms with van der Waals surface area (Å²) in [6.07, 6.45) is 3.15. The minimum Gasteiger partial charge on any atom is -0.430 e. The van der Waals surface area contributed by atoms with E-state index in [2.05, 4.69) is 19.2 Å². The van der Waals surface area contributed by atoms with Crippen LogP contribution in [0, 0.1) is 0 Å². The molecular weight excluding hydrogens is 244 g/mol. The van der Waals surface area contributed by atoms with E-state index >= 15 is 0 Å². The number of carbonyl (C=O) groups excluding carboxylic acids is 1. The summed E-state index contributed by atoms with van der Waals surface area (Å²) in [5.74, 6) is -0.0597. The molecule has 5 nitrogen and oxygen atoms in total. The molecule has 0 spiro atoms. The molecule has 5 heteroatoms. The van der Waals surface area contributed by atoms with Crippen molar-refractivity contribution in [3.63, 3.8) is 0 Å². The van der Waals surface area contributed by atoms with E-state index in [4.69, 9.17) is 4.42 Å². The fourth-order valence-corrected chi connectivity index (χ4v) is 2.40. The highest BCUT2D eigenvalue weighted by atomic mass is 16.4. The normalized spacial score (nSPS) is 23.4. The summed E-state index contributed by atoms with van der Waals surface area (Å²) in [5, 5.41) is 3.45. The molecule has 1 amide bonds. The van der Waals surface area contributed by atoms with Crippen LogP contribution in [0.5, 0.6) is 0 Å². The van der Waals surface area contributed by atoms with Crippen LogP contribution in [0.1, 0.15) is 37.0 Å². The van der Waals surface area contributed by atoms with Gasteiger partial charge in [0.05, 0.1) is 5.56 Å². The number of hydrogen-bond donors (Lipinski definition) is 1. The third-order valence-corrected chi connectivity index (χ3v) is 3.67. The molecule has 1 fully saturated rings. The maximum atomic E-state index is 12.5. The maximum absolute atomic E-state index is 12.5. The van der Waals surface area contributed by atoms with Crippen molar-refractivity contribution < 1.29 is 9.21 Å². The summed E-state index contributed by atoms with van der Waals surface area (Å²) in [5.41, 5.74) is 0.00476. The summed E-state index contributed by atoms with van der Waals surface area (Å²) in [4.78, 5) is 25.3. The molecule has 104 valence electrons. The van der Waals surface area contributed by atoms with Gasteiger partial charge in [-0.25, -0.2) is 4.79 Å². The summed E-state index contributed by atoms with van der Waals surface area (Å²) < 4.78 is 4.77. The first-order valence-electron chi connectivity index (χ1n) is 6.78. The molecule has 0 aromatic carbocycles. The van der Waals surface area contributed by atoms with E-state index in [1.807, 2.05) is 4.90 Å². The Morgan fingerprint density at radius 1 is 1.42 bits per heavy atom. The van der Waals surface area contributed by atoms with Crippen molar-refractivity contribution in [1.29, 1.82) is 0 Å². The summed E-state index contributed by atoms with van der Waals surface area (Å²) in [6.45, 7) is 5.70. The van der Waals surface area contributed by atoms with Gasteiger partial charge in [-0.1, -0.05) is 13.8 Å². The molecule has 1 aliphatic heterocycles. The van der Waals surface area contributed by atoms with Gasteiger partial charge in [0, 0.05) is 31.2 Å². The smallest absolute Gasteiger partial charge is 0.335 e. The van der Waals surface area contributed by atoms with Crippen LogP contribution in [0.3, 0.4) is 0 Å². The number of nitrogens with one attached hydrogen (secondary N) is 1. The second-order valence-electron chi connectivity index (χ2n) is 4.88. The van der Waals surface area contributed by atoms with Crippen molar-refractivity contribution in [2.75, 3.05) is 13.1 Å².